The molecule has 0 heterocycles. The molecule has 0 radical (unpaired) electrons. The molecule has 0 amide bonds. The number of hydrogen-bond donors (Lipinski definition) is 1. The van der Waals surface area contributed by atoms with Gasteiger partial charge in [-0.2, -0.15) is 0 Å². The lowest BCUT2D eigenvalue weighted by Crippen LogP contribution is -2.19. The first-order chi connectivity index (χ1) is 11.1. The van der Waals surface area contributed by atoms with Crippen LogP contribution in [0.5, 0.6) is 0 Å². The van der Waals surface area contributed by atoms with Gasteiger partial charge in [-0.25, -0.2) is 4.79 Å². The molecular weight excluding hydrogens is 300 g/mol. The maximum atomic E-state index is 11.8. The first-order valence-electron chi connectivity index (χ1n) is 7.48. The van der Waals surface area contributed by atoms with E-state index >= 15 is 0 Å². The number of fused-ring (bicyclic) bond motifs is 1. The second-order valence-electron chi connectivity index (χ2n) is 5.12. The van der Waals surface area contributed by atoms with Crippen LogP contribution in [0.3, 0.4) is 0 Å². The highest BCUT2D eigenvalue weighted by Gasteiger charge is 2.26. The summed E-state index contributed by atoms with van der Waals surface area (Å²) in [5, 5.41) is 8.32. The standard InChI is InChI=1S/C17H18O6/c18-14-11-15(12-7-3-4-8-13(12)16(14)19)22-9-5-1-2-6-10-23-17(20)21/h3-4,7-8,11H,1-2,5-6,9-10H2,(H,20,21). The minimum atomic E-state index is -1.25. The van der Waals surface area contributed by atoms with Gasteiger partial charge in [0.1, 0.15) is 5.76 Å². The molecule has 0 aliphatic heterocycles. The van der Waals surface area contributed by atoms with Crippen molar-refractivity contribution < 1.29 is 29.0 Å². The minimum absolute atomic E-state index is 0.200. The van der Waals surface area contributed by atoms with Gasteiger partial charge >= 0.3 is 6.16 Å². The highest BCUT2D eigenvalue weighted by Crippen LogP contribution is 2.25. The second kappa shape index (κ2) is 8.12. The third-order valence-corrected chi connectivity index (χ3v) is 3.44. The van der Waals surface area contributed by atoms with Crippen molar-refractivity contribution >= 4 is 23.5 Å². The number of rotatable bonds is 8. The Labute approximate surface area is 133 Å². The molecule has 1 aliphatic carbocycles. The molecule has 0 atom stereocenters. The van der Waals surface area contributed by atoms with Gasteiger partial charge in [-0.1, -0.05) is 24.3 Å². The molecule has 1 aliphatic rings. The van der Waals surface area contributed by atoms with Crippen LogP contribution >= 0.6 is 0 Å². The van der Waals surface area contributed by atoms with E-state index in [4.69, 9.17) is 9.84 Å². The normalized spacial score (nSPS) is 13.3. The fourth-order valence-electron chi connectivity index (χ4n) is 2.31. The van der Waals surface area contributed by atoms with Crippen molar-refractivity contribution in [1.82, 2.24) is 0 Å². The second-order valence-corrected chi connectivity index (χ2v) is 5.12. The number of benzene rings is 1. The molecule has 1 aromatic carbocycles. The van der Waals surface area contributed by atoms with Crippen molar-refractivity contribution in [2.45, 2.75) is 25.7 Å². The van der Waals surface area contributed by atoms with Gasteiger partial charge in [0.2, 0.25) is 11.6 Å². The molecular formula is C17H18O6. The van der Waals surface area contributed by atoms with Crippen LogP contribution in [0.2, 0.25) is 0 Å². The Morgan fingerprint density at radius 3 is 2.30 bits per heavy atom. The van der Waals surface area contributed by atoms with Crippen LogP contribution in [0.15, 0.2) is 30.3 Å². The number of Topliss-reactive ketones (excluding diaryl/α,β-unsaturated/α-hetero) is 1. The van der Waals surface area contributed by atoms with Gasteiger partial charge in [0.05, 0.1) is 13.2 Å². The Morgan fingerprint density at radius 1 is 0.957 bits per heavy atom. The molecule has 122 valence electrons. The molecule has 0 aromatic heterocycles. The van der Waals surface area contributed by atoms with Gasteiger partial charge in [0, 0.05) is 17.2 Å². The third-order valence-electron chi connectivity index (χ3n) is 3.44. The summed E-state index contributed by atoms with van der Waals surface area (Å²) >= 11 is 0. The van der Waals surface area contributed by atoms with E-state index in [-0.39, 0.29) is 6.61 Å². The Balaban J connectivity index is 1.76. The molecule has 0 fully saturated rings. The van der Waals surface area contributed by atoms with Crippen LogP contribution in [0.25, 0.3) is 5.76 Å². The molecule has 23 heavy (non-hydrogen) atoms. The van der Waals surface area contributed by atoms with Crippen molar-refractivity contribution in [3.63, 3.8) is 0 Å². The minimum Gasteiger partial charge on any atom is -0.493 e. The largest absolute Gasteiger partial charge is 0.505 e. The highest BCUT2D eigenvalue weighted by atomic mass is 16.7. The van der Waals surface area contributed by atoms with E-state index in [0.29, 0.717) is 29.9 Å². The van der Waals surface area contributed by atoms with Crippen molar-refractivity contribution in [2.24, 2.45) is 0 Å². The van der Waals surface area contributed by atoms with E-state index in [0.717, 1.165) is 19.3 Å². The predicted octanol–water partition coefficient (Wildman–Crippen LogP) is 3.06. The number of ether oxygens (including phenoxy) is 2. The van der Waals surface area contributed by atoms with Crippen LogP contribution in [-0.2, 0) is 14.3 Å². The first kappa shape index (κ1) is 16.7. The summed E-state index contributed by atoms with van der Waals surface area (Å²) in [6.45, 7) is 0.632. The predicted molar refractivity (Wildman–Crippen MR) is 82.2 cm³/mol. The van der Waals surface area contributed by atoms with Gasteiger partial charge in [-0.05, 0) is 25.7 Å². The number of ketones is 2. The van der Waals surface area contributed by atoms with E-state index in [1.54, 1.807) is 24.3 Å². The lowest BCUT2D eigenvalue weighted by molar-refractivity contribution is -0.111. The van der Waals surface area contributed by atoms with Crippen molar-refractivity contribution in [3.05, 3.63) is 41.5 Å². The molecule has 0 saturated carbocycles. The number of unbranched alkanes of at least 4 members (excludes halogenated alkanes) is 3. The monoisotopic (exact) mass is 318 g/mol. The Hall–Kier alpha value is -2.63. The zero-order chi connectivity index (χ0) is 16.7. The van der Waals surface area contributed by atoms with Crippen molar-refractivity contribution in [1.29, 1.82) is 0 Å². The summed E-state index contributed by atoms with van der Waals surface area (Å²) in [4.78, 5) is 33.6. The van der Waals surface area contributed by atoms with E-state index in [1.165, 1.54) is 6.08 Å². The number of carboxylic acid groups (broad SMARTS) is 1. The third kappa shape index (κ3) is 4.67. The highest BCUT2D eigenvalue weighted by molar-refractivity contribution is 6.50. The van der Waals surface area contributed by atoms with Gasteiger partial charge in [-0.15, -0.1) is 0 Å². The summed E-state index contributed by atoms with van der Waals surface area (Å²) in [7, 11) is 0. The van der Waals surface area contributed by atoms with Gasteiger partial charge < -0.3 is 14.6 Å². The molecule has 2 rings (SSSR count). The maximum Gasteiger partial charge on any atom is 0.505 e. The van der Waals surface area contributed by atoms with Crippen LogP contribution in [0.1, 0.15) is 41.6 Å². The summed E-state index contributed by atoms with van der Waals surface area (Å²) in [6.07, 6.45) is 3.13. The smallest absolute Gasteiger partial charge is 0.493 e. The van der Waals surface area contributed by atoms with E-state index < -0.39 is 17.7 Å². The summed E-state index contributed by atoms with van der Waals surface area (Å²) in [5.74, 6) is -0.643. The quantitative estimate of drug-likeness (QED) is 0.450. The van der Waals surface area contributed by atoms with Crippen molar-refractivity contribution in [3.8, 4) is 0 Å². The number of allylic oxidation sites excluding steroid dienone is 1. The topological polar surface area (TPSA) is 89.9 Å². The first-order valence-corrected chi connectivity index (χ1v) is 7.48. The lowest BCUT2D eigenvalue weighted by Gasteiger charge is -2.16. The number of carbonyl (C=O) groups excluding carboxylic acids is 2. The molecule has 1 N–H and O–H groups in total. The molecule has 6 heteroatoms. The number of carbonyl (C=O) groups is 3. The fraction of sp³-hybridized carbons (Fsp3) is 0.353. The molecule has 0 unspecified atom stereocenters. The average Bonchev–Trinajstić information content (AvgIpc) is 2.54. The van der Waals surface area contributed by atoms with Gasteiger partial charge in [-0.3, -0.25) is 9.59 Å². The number of hydrogen-bond acceptors (Lipinski definition) is 5. The SMILES string of the molecule is O=C(O)OCCCCCCOC1=CC(=O)C(=O)c2ccccc21. The van der Waals surface area contributed by atoms with E-state index in [2.05, 4.69) is 4.74 Å². The van der Waals surface area contributed by atoms with Crippen LogP contribution in [0, 0.1) is 0 Å². The zero-order valence-electron chi connectivity index (χ0n) is 12.6. The lowest BCUT2D eigenvalue weighted by atomic mass is 9.94. The van der Waals surface area contributed by atoms with Crippen LogP contribution in [0.4, 0.5) is 4.79 Å². The van der Waals surface area contributed by atoms with Gasteiger partial charge in [0.25, 0.3) is 0 Å². The molecule has 0 spiro atoms. The average molecular weight is 318 g/mol. The van der Waals surface area contributed by atoms with Crippen LogP contribution < -0.4 is 0 Å². The summed E-state index contributed by atoms with van der Waals surface area (Å²) in [5.41, 5.74) is 1.02. The molecule has 0 bridgehead atoms. The van der Waals surface area contributed by atoms with E-state index in [1.807, 2.05) is 0 Å². The Bertz CT molecular complexity index is 632. The molecule has 6 nitrogen and oxygen atoms in total. The molecule has 0 saturated heterocycles. The van der Waals surface area contributed by atoms with Crippen molar-refractivity contribution in [2.75, 3.05) is 13.2 Å². The summed E-state index contributed by atoms with van der Waals surface area (Å²) < 4.78 is 10.0. The zero-order valence-corrected chi connectivity index (χ0v) is 12.6. The van der Waals surface area contributed by atoms with E-state index in [9.17, 15) is 14.4 Å². The molecule has 1 aromatic rings. The van der Waals surface area contributed by atoms with Crippen LogP contribution in [-0.4, -0.2) is 36.0 Å². The van der Waals surface area contributed by atoms with Gasteiger partial charge in [0.15, 0.2) is 0 Å². The summed E-state index contributed by atoms with van der Waals surface area (Å²) in [6, 6.07) is 6.89. The Morgan fingerprint density at radius 2 is 1.61 bits per heavy atom. The Kier molecular flexibility index (Phi) is 5.91. The maximum absolute atomic E-state index is 11.8. The fourth-order valence-corrected chi connectivity index (χ4v) is 2.31.